The highest BCUT2D eigenvalue weighted by molar-refractivity contribution is 6.31. The molecule has 2 amide bonds. The van der Waals surface area contributed by atoms with Crippen LogP contribution in [0, 0.1) is 6.92 Å². The van der Waals surface area contributed by atoms with Crippen LogP contribution in [0.4, 0.5) is 0 Å². The van der Waals surface area contributed by atoms with E-state index in [1.54, 1.807) is 11.0 Å². The lowest BCUT2D eigenvalue weighted by atomic mass is 10.1. The van der Waals surface area contributed by atoms with Crippen molar-refractivity contribution < 1.29 is 14.3 Å². The normalized spacial score (nSPS) is 11.6. The molecule has 0 aromatic heterocycles. The van der Waals surface area contributed by atoms with E-state index in [0.29, 0.717) is 23.7 Å². The van der Waals surface area contributed by atoms with Crippen molar-refractivity contribution in [3.8, 4) is 5.75 Å². The van der Waals surface area contributed by atoms with Gasteiger partial charge in [-0.25, -0.2) is 0 Å². The first kappa shape index (κ1) is 22.8. The lowest BCUT2D eigenvalue weighted by Crippen LogP contribution is -2.50. The third-order valence-corrected chi connectivity index (χ3v) is 4.99. The van der Waals surface area contributed by atoms with Crippen LogP contribution in [-0.2, 0) is 16.1 Å². The molecule has 1 unspecified atom stereocenters. The highest BCUT2D eigenvalue weighted by atomic mass is 35.5. The summed E-state index contributed by atoms with van der Waals surface area (Å²) in [5.74, 6) is 0.194. The number of ether oxygens (including phenoxy) is 1. The van der Waals surface area contributed by atoms with Gasteiger partial charge in [0.05, 0.1) is 0 Å². The molecule has 0 aliphatic heterocycles. The molecule has 156 valence electrons. The van der Waals surface area contributed by atoms with Crippen LogP contribution in [0.2, 0.25) is 5.02 Å². The molecule has 2 aromatic rings. The first-order valence-corrected chi connectivity index (χ1v) is 10.3. The van der Waals surface area contributed by atoms with Crippen molar-refractivity contribution >= 4 is 23.4 Å². The van der Waals surface area contributed by atoms with E-state index in [-0.39, 0.29) is 25.0 Å². The maximum atomic E-state index is 13.1. The average Bonchev–Trinajstić information content (AvgIpc) is 2.72. The predicted molar refractivity (Wildman–Crippen MR) is 116 cm³/mol. The number of nitrogens with zero attached hydrogens (tertiary/aromatic N) is 1. The zero-order chi connectivity index (χ0) is 21.2. The van der Waals surface area contributed by atoms with Crippen LogP contribution in [-0.4, -0.2) is 35.9 Å². The number of nitrogens with one attached hydrogen (secondary N) is 1. The zero-order valence-electron chi connectivity index (χ0n) is 17.3. The van der Waals surface area contributed by atoms with Crippen molar-refractivity contribution in [3.05, 3.63) is 64.7 Å². The molecule has 0 saturated carbocycles. The van der Waals surface area contributed by atoms with Crippen LogP contribution < -0.4 is 10.1 Å². The smallest absolute Gasteiger partial charge is 0.261 e. The first-order chi connectivity index (χ1) is 14.0. The number of rotatable bonds is 10. The van der Waals surface area contributed by atoms with Crippen molar-refractivity contribution in [3.63, 3.8) is 0 Å². The maximum absolute atomic E-state index is 13.1. The minimum Gasteiger partial charge on any atom is -0.484 e. The van der Waals surface area contributed by atoms with Crippen LogP contribution in [0.3, 0.4) is 0 Å². The lowest BCUT2D eigenvalue weighted by Gasteiger charge is -2.30. The summed E-state index contributed by atoms with van der Waals surface area (Å²) in [4.78, 5) is 27.3. The maximum Gasteiger partial charge on any atom is 0.261 e. The van der Waals surface area contributed by atoms with Gasteiger partial charge in [0, 0.05) is 18.1 Å². The van der Waals surface area contributed by atoms with E-state index in [0.717, 1.165) is 17.5 Å². The van der Waals surface area contributed by atoms with E-state index < -0.39 is 6.04 Å². The van der Waals surface area contributed by atoms with Crippen molar-refractivity contribution in [2.45, 2.75) is 46.2 Å². The summed E-state index contributed by atoms with van der Waals surface area (Å²) in [7, 11) is 0. The van der Waals surface area contributed by atoms with E-state index >= 15 is 0 Å². The Morgan fingerprint density at radius 1 is 1.10 bits per heavy atom. The Bertz CT molecular complexity index is 808. The third kappa shape index (κ3) is 6.79. The van der Waals surface area contributed by atoms with Crippen LogP contribution in [0.15, 0.2) is 48.5 Å². The van der Waals surface area contributed by atoms with E-state index in [4.69, 9.17) is 16.3 Å². The molecule has 0 saturated heterocycles. The summed E-state index contributed by atoms with van der Waals surface area (Å²) in [5.41, 5.74) is 1.90. The molecule has 0 aliphatic rings. The molecule has 0 radical (unpaired) electrons. The fraction of sp³-hybridized carbons (Fsp3) is 0.391. The summed E-state index contributed by atoms with van der Waals surface area (Å²) in [6.07, 6.45) is 1.33. The Morgan fingerprint density at radius 3 is 2.41 bits per heavy atom. The minimum absolute atomic E-state index is 0.148. The number of hydrogen-bond donors (Lipinski definition) is 1. The van der Waals surface area contributed by atoms with Crippen molar-refractivity contribution in [2.75, 3.05) is 13.2 Å². The molecule has 1 atom stereocenters. The molecular formula is C23H29ClN2O3. The molecule has 0 aliphatic carbocycles. The number of benzene rings is 2. The Hall–Kier alpha value is -2.53. The summed E-state index contributed by atoms with van der Waals surface area (Å²) < 4.78 is 5.67. The van der Waals surface area contributed by atoms with E-state index in [1.165, 1.54) is 0 Å². The molecule has 2 aromatic carbocycles. The number of carbonyl (C=O) groups excluding carboxylic acids is 2. The van der Waals surface area contributed by atoms with Crippen LogP contribution >= 0.6 is 11.6 Å². The Labute approximate surface area is 178 Å². The van der Waals surface area contributed by atoms with Crippen molar-refractivity contribution in [2.24, 2.45) is 0 Å². The lowest BCUT2D eigenvalue weighted by molar-refractivity contribution is -0.143. The quantitative estimate of drug-likeness (QED) is 0.626. The van der Waals surface area contributed by atoms with Crippen LogP contribution in [0.1, 0.15) is 37.8 Å². The predicted octanol–water partition coefficient (Wildman–Crippen LogP) is 4.36. The fourth-order valence-electron chi connectivity index (χ4n) is 2.96. The number of carbonyl (C=O) groups is 2. The summed E-state index contributed by atoms with van der Waals surface area (Å²) in [6, 6.07) is 14.3. The van der Waals surface area contributed by atoms with Gasteiger partial charge in [-0.3, -0.25) is 9.59 Å². The van der Waals surface area contributed by atoms with E-state index in [1.807, 2.05) is 63.2 Å². The van der Waals surface area contributed by atoms with Gasteiger partial charge in [-0.2, -0.15) is 0 Å². The SMILES string of the molecule is CCCNC(=O)C(CC)N(Cc1ccccc1Cl)C(=O)COc1ccc(C)cc1. The van der Waals surface area contributed by atoms with Gasteiger partial charge in [-0.15, -0.1) is 0 Å². The molecule has 2 rings (SSSR count). The van der Waals surface area contributed by atoms with Crippen molar-refractivity contribution in [1.82, 2.24) is 10.2 Å². The molecule has 0 fully saturated rings. The van der Waals surface area contributed by atoms with Gasteiger partial charge in [0.1, 0.15) is 11.8 Å². The van der Waals surface area contributed by atoms with E-state index in [2.05, 4.69) is 5.32 Å². The molecule has 0 heterocycles. The van der Waals surface area contributed by atoms with Gasteiger partial charge in [0.2, 0.25) is 5.91 Å². The number of amides is 2. The summed E-state index contributed by atoms with van der Waals surface area (Å²) in [6.45, 7) is 6.54. The molecule has 0 spiro atoms. The highest BCUT2D eigenvalue weighted by Crippen LogP contribution is 2.20. The summed E-state index contributed by atoms with van der Waals surface area (Å²) in [5, 5.41) is 3.46. The molecule has 29 heavy (non-hydrogen) atoms. The second kappa shape index (κ2) is 11.5. The minimum atomic E-state index is -0.591. The van der Waals surface area contributed by atoms with Crippen LogP contribution in [0.25, 0.3) is 0 Å². The Balaban J connectivity index is 2.19. The third-order valence-electron chi connectivity index (χ3n) is 4.62. The molecule has 5 nitrogen and oxygen atoms in total. The second-order valence-electron chi connectivity index (χ2n) is 6.93. The van der Waals surface area contributed by atoms with E-state index in [9.17, 15) is 9.59 Å². The largest absolute Gasteiger partial charge is 0.484 e. The zero-order valence-corrected chi connectivity index (χ0v) is 18.0. The second-order valence-corrected chi connectivity index (χ2v) is 7.34. The van der Waals surface area contributed by atoms with Gasteiger partial charge in [-0.1, -0.05) is 61.3 Å². The molecule has 1 N–H and O–H groups in total. The first-order valence-electron chi connectivity index (χ1n) is 9.96. The molecular weight excluding hydrogens is 388 g/mol. The Kier molecular flexibility index (Phi) is 9.00. The number of aryl methyl sites for hydroxylation is 1. The van der Waals surface area contributed by atoms with Crippen LogP contribution in [0.5, 0.6) is 5.75 Å². The fourth-order valence-corrected chi connectivity index (χ4v) is 3.15. The van der Waals surface area contributed by atoms with Gasteiger partial charge in [0.15, 0.2) is 6.61 Å². The highest BCUT2D eigenvalue weighted by Gasteiger charge is 2.29. The average molecular weight is 417 g/mol. The molecule has 0 bridgehead atoms. The van der Waals surface area contributed by atoms with Gasteiger partial charge in [0.25, 0.3) is 5.91 Å². The topological polar surface area (TPSA) is 58.6 Å². The standard InChI is InChI=1S/C23H29ClN2O3/c1-4-14-25-23(28)21(5-2)26(15-18-8-6-7-9-20(18)24)22(27)16-29-19-12-10-17(3)11-13-19/h6-13,21H,4-5,14-16H2,1-3H3,(H,25,28). The van der Waals surface area contributed by atoms with Crippen molar-refractivity contribution in [1.29, 1.82) is 0 Å². The van der Waals surface area contributed by atoms with Gasteiger partial charge < -0.3 is 15.0 Å². The van der Waals surface area contributed by atoms with Gasteiger partial charge in [-0.05, 0) is 43.5 Å². The molecule has 6 heteroatoms. The van der Waals surface area contributed by atoms with Gasteiger partial charge >= 0.3 is 0 Å². The number of halogens is 1. The summed E-state index contributed by atoms with van der Waals surface area (Å²) >= 11 is 6.30. The Morgan fingerprint density at radius 2 is 1.79 bits per heavy atom. The monoisotopic (exact) mass is 416 g/mol. The number of hydrogen-bond acceptors (Lipinski definition) is 3.